The maximum atomic E-state index is 6.31. The van der Waals surface area contributed by atoms with E-state index in [4.69, 9.17) is 23.2 Å². The maximum absolute atomic E-state index is 6.31. The highest BCUT2D eigenvalue weighted by Gasteiger charge is 2.20. The van der Waals surface area contributed by atoms with E-state index in [-0.39, 0.29) is 0 Å². The molecule has 2 unspecified atom stereocenters. The number of nitrogens with one attached hydrogen (secondary N) is 1. The molecule has 3 heteroatoms. The molecule has 2 rings (SSSR count). The van der Waals surface area contributed by atoms with E-state index >= 15 is 0 Å². The van der Waals surface area contributed by atoms with Crippen molar-refractivity contribution in [2.24, 2.45) is 5.92 Å². The van der Waals surface area contributed by atoms with Gasteiger partial charge in [-0.05, 0) is 55.8 Å². The summed E-state index contributed by atoms with van der Waals surface area (Å²) in [5.74, 6) is 0.741. The van der Waals surface area contributed by atoms with Crippen LogP contribution in [0.4, 0.5) is 0 Å². The van der Waals surface area contributed by atoms with E-state index in [1.54, 1.807) is 0 Å². The van der Waals surface area contributed by atoms with Gasteiger partial charge in [0.25, 0.3) is 0 Å². The fourth-order valence-electron chi connectivity index (χ4n) is 3.18. The summed E-state index contributed by atoms with van der Waals surface area (Å²) in [5, 5.41) is 5.24. The minimum absolute atomic E-state index is 0.688. The maximum Gasteiger partial charge on any atom is 0.0452 e. The average Bonchev–Trinajstić information content (AvgIpc) is 2.65. The van der Waals surface area contributed by atoms with E-state index in [1.807, 2.05) is 12.1 Å². The zero-order valence-electron chi connectivity index (χ0n) is 12.3. The fourth-order valence-corrected chi connectivity index (χ4v) is 3.66. The number of halogens is 2. The van der Waals surface area contributed by atoms with E-state index in [0.29, 0.717) is 6.04 Å². The van der Waals surface area contributed by atoms with E-state index in [2.05, 4.69) is 18.3 Å². The summed E-state index contributed by atoms with van der Waals surface area (Å²) in [4.78, 5) is 0. The molecule has 0 aliphatic heterocycles. The topological polar surface area (TPSA) is 12.0 Å². The van der Waals surface area contributed by atoms with E-state index in [0.717, 1.165) is 28.9 Å². The summed E-state index contributed by atoms with van der Waals surface area (Å²) in [6, 6.07) is 6.59. The molecule has 20 heavy (non-hydrogen) atoms. The molecule has 0 heterocycles. The van der Waals surface area contributed by atoms with Gasteiger partial charge in [0.15, 0.2) is 0 Å². The molecule has 2 atom stereocenters. The van der Waals surface area contributed by atoms with Crippen molar-refractivity contribution >= 4 is 23.2 Å². The predicted molar refractivity (Wildman–Crippen MR) is 88.8 cm³/mol. The second kappa shape index (κ2) is 8.26. The Kier molecular flexibility index (Phi) is 6.67. The lowest BCUT2D eigenvalue weighted by molar-refractivity contribution is 0.384. The first-order valence-electron chi connectivity index (χ1n) is 7.86. The molecule has 0 amide bonds. The second-order valence-electron chi connectivity index (χ2n) is 5.98. The van der Waals surface area contributed by atoms with Crippen LogP contribution in [0.15, 0.2) is 18.2 Å². The Morgan fingerprint density at radius 3 is 2.75 bits per heavy atom. The van der Waals surface area contributed by atoms with Crippen LogP contribution in [0, 0.1) is 5.92 Å². The third-order valence-electron chi connectivity index (χ3n) is 4.24. The van der Waals surface area contributed by atoms with Crippen molar-refractivity contribution < 1.29 is 0 Å². The van der Waals surface area contributed by atoms with Gasteiger partial charge in [-0.25, -0.2) is 0 Å². The Bertz CT molecular complexity index is 419. The molecule has 0 spiro atoms. The Morgan fingerprint density at radius 2 is 2.00 bits per heavy atom. The largest absolute Gasteiger partial charge is 0.314 e. The normalized spacial score (nSPS) is 23.6. The molecule has 1 N–H and O–H groups in total. The van der Waals surface area contributed by atoms with Crippen LogP contribution in [-0.4, -0.2) is 12.6 Å². The molecule has 0 saturated heterocycles. The third kappa shape index (κ3) is 4.95. The van der Waals surface area contributed by atoms with E-state index in [9.17, 15) is 0 Å². The molecule has 1 aliphatic rings. The van der Waals surface area contributed by atoms with Gasteiger partial charge < -0.3 is 5.32 Å². The third-order valence-corrected chi connectivity index (χ3v) is 4.83. The van der Waals surface area contributed by atoms with Crippen LogP contribution in [0.5, 0.6) is 0 Å². The van der Waals surface area contributed by atoms with Gasteiger partial charge in [-0.3, -0.25) is 0 Å². The first-order chi connectivity index (χ1) is 9.69. The highest BCUT2D eigenvalue weighted by Crippen LogP contribution is 2.30. The summed E-state index contributed by atoms with van der Waals surface area (Å²) in [5.41, 5.74) is 1.25. The van der Waals surface area contributed by atoms with Crippen LogP contribution < -0.4 is 5.32 Å². The monoisotopic (exact) mass is 313 g/mol. The molecule has 1 fully saturated rings. The van der Waals surface area contributed by atoms with Crippen LogP contribution >= 0.6 is 23.2 Å². The fraction of sp³-hybridized carbons (Fsp3) is 0.647. The van der Waals surface area contributed by atoms with Crippen LogP contribution in [-0.2, 0) is 6.42 Å². The van der Waals surface area contributed by atoms with Crippen LogP contribution in [0.2, 0.25) is 10.0 Å². The SMILES string of the molecule is CCCNC1CCCCC(Cc2ccc(Cl)cc2Cl)C1. The lowest BCUT2D eigenvalue weighted by Gasteiger charge is -2.21. The molecule has 1 nitrogen and oxygen atoms in total. The first-order valence-corrected chi connectivity index (χ1v) is 8.62. The predicted octanol–water partition coefficient (Wildman–Crippen LogP) is 5.48. The lowest BCUT2D eigenvalue weighted by atomic mass is 9.91. The van der Waals surface area contributed by atoms with Gasteiger partial charge in [-0.15, -0.1) is 0 Å². The molecule has 112 valence electrons. The zero-order valence-corrected chi connectivity index (χ0v) is 13.8. The number of hydrogen-bond donors (Lipinski definition) is 1. The molecule has 1 aliphatic carbocycles. The van der Waals surface area contributed by atoms with Gasteiger partial charge in [-0.1, -0.05) is 55.5 Å². The molecule has 0 bridgehead atoms. The summed E-state index contributed by atoms with van der Waals surface area (Å²) < 4.78 is 0. The quantitative estimate of drug-likeness (QED) is 0.709. The number of rotatable bonds is 5. The molecular formula is C17H25Cl2N. The highest BCUT2D eigenvalue weighted by molar-refractivity contribution is 6.35. The van der Waals surface area contributed by atoms with Crippen molar-refractivity contribution in [3.05, 3.63) is 33.8 Å². The smallest absolute Gasteiger partial charge is 0.0452 e. The summed E-state index contributed by atoms with van der Waals surface area (Å²) in [6.07, 6.45) is 8.92. The first kappa shape index (κ1) is 16.1. The van der Waals surface area contributed by atoms with Crippen molar-refractivity contribution in [2.45, 2.75) is 57.9 Å². The van der Waals surface area contributed by atoms with Gasteiger partial charge in [0.05, 0.1) is 0 Å². The van der Waals surface area contributed by atoms with Gasteiger partial charge in [-0.2, -0.15) is 0 Å². The van der Waals surface area contributed by atoms with Crippen molar-refractivity contribution in [1.82, 2.24) is 5.32 Å². The van der Waals surface area contributed by atoms with Gasteiger partial charge in [0.1, 0.15) is 0 Å². The minimum Gasteiger partial charge on any atom is -0.314 e. The van der Waals surface area contributed by atoms with Gasteiger partial charge in [0, 0.05) is 16.1 Å². The molecule has 0 aromatic heterocycles. The Labute approximate surface area is 133 Å². The molecule has 0 radical (unpaired) electrons. The Morgan fingerprint density at radius 1 is 1.20 bits per heavy atom. The number of benzene rings is 1. The van der Waals surface area contributed by atoms with Crippen molar-refractivity contribution in [2.75, 3.05) is 6.54 Å². The Balaban J connectivity index is 1.96. The van der Waals surface area contributed by atoms with Crippen LogP contribution in [0.1, 0.15) is 51.0 Å². The van der Waals surface area contributed by atoms with Crippen LogP contribution in [0.25, 0.3) is 0 Å². The molecule has 1 aromatic rings. The molecule has 1 aromatic carbocycles. The van der Waals surface area contributed by atoms with Gasteiger partial charge >= 0.3 is 0 Å². The lowest BCUT2D eigenvalue weighted by Crippen LogP contribution is -2.31. The minimum atomic E-state index is 0.688. The average molecular weight is 314 g/mol. The molecule has 1 saturated carbocycles. The molecular weight excluding hydrogens is 289 g/mol. The second-order valence-corrected chi connectivity index (χ2v) is 6.82. The zero-order chi connectivity index (χ0) is 14.4. The summed E-state index contributed by atoms with van der Waals surface area (Å²) >= 11 is 12.3. The van der Waals surface area contributed by atoms with E-state index < -0.39 is 0 Å². The number of hydrogen-bond acceptors (Lipinski definition) is 1. The van der Waals surface area contributed by atoms with Gasteiger partial charge in [0.2, 0.25) is 0 Å². The summed E-state index contributed by atoms with van der Waals surface area (Å²) in [7, 11) is 0. The highest BCUT2D eigenvalue weighted by atomic mass is 35.5. The standard InChI is InChI=1S/C17H25Cl2N/c1-2-9-20-16-6-4-3-5-13(11-16)10-14-7-8-15(18)12-17(14)19/h7-8,12-13,16,20H,2-6,9-11H2,1H3. The summed E-state index contributed by atoms with van der Waals surface area (Å²) in [6.45, 7) is 3.37. The van der Waals surface area contributed by atoms with Crippen LogP contribution in [0.3, 0.4) is 0 Å². The van der Waals surface area contributed by atoms with Crippen molar-refractivity contribution in [1.29, 1.82) is 0 Å². The Hall–Kier alpha value is -0.240. The van der Waals surface area contributed by atoms with E-state index in [1.165, 1.54) is 44.1 Å². The van der Waals surface area contributed by atoms with Crippen molar-refractivity contribution in [3.8, 4) is 0 Å². The van der Waals surface area contributed by atoms with Crippen molar-refractivity contribution in [3.63, 3.8) is 0 Å².